The smallest absolute Gasteiger partial charge is 0.0465 e. The molecule has 1 nitrogen and oxygen atoms in total. The predicted molar refractivity (Wildman–Crippen MR) is 208 cm³/mol. The van der Waals surface area contributed by atoms with Gasteiger partial charge in [0.2, 0.25) is 0 Å². The molecule has 0 spiro atoms. The first-order chi connectivity index (χ1) is 24.0. The van der Waals surface area contributed by atoms with Gasteiger partial charge in [-0.05, 0) is 156 Å². The van der Waals surface area contributed by atoms with Crippen molar-refractivity contribution in [3.05, 3.63) is 125 Å². The second-order valence-corrected chi connectivity index (χ2v) is 18.0. The molecule has 6 unspecified atom stereocenters. The maximum absolute atomic E-state index is 2.53. The van der Waals surface area contributed by atoms with Crippen LogP contribution in [0.3, 0.4) is 0 Å². The van der Waals surface area contributed by atoms with Gasteiger partial charge in [-0.1, -0.05) is 81.3 Å². The molecule has 1 heterocycles. The maximum atomic E-state index is 2.53. The molecule has 0 radical (unpaired) electrons. The summed E-state index contributed by atoms with van der Waals surface area (Å²) in [6.07, 6.45) is 11.5. The summed E-state index contributed by atoms with van der Waals surface area (Å²) in [5, 5.41) is 2.82. The highest BCUT2D eigenvalue weighted by Gasteiger charge is 2.42. The van der Waals surface area contributed by atoms with E-state index in [1.54, 1.807) is 11.1 Å². The second-order valence-electron chi connectivity index (χ2n) is 16.9. The van der Waals surface area contributed by atoms with Crippen LogP contribution in [0.4, 0.5) is 17.1 Å². The molecular weight excluding hydrogens is 611 g/mol. The van der Waals surface area contributed by atoms with Crippen LogP contribution in [0.5, 0.6) is 0 Å². The van der Waals surface area contributed by atoms with Gasteiger partial charge in [0.1, 0.15) is 0 Å². The molecule has 5 aliphatic carbocycles. The summed E-state index contributed by atoms with van der Waals surface area (Å²) in [7, 11) is 0. The Morgan fingerprint density at radius 2 is 1.18 bits per heavy atom. The number of hydrogen-bond acceptors (Lipinski definition) is 2. The summed E-state index contributed by atoms with van der Waals surface area (Å²) in [4.78, 5) is 2.53. The molecule has 0 N–H and O–H groups in total. The van der Waals surface area contributed by atoms with Crippen molar-refractivity contribution >= 4 is 48.6 Å². The van der Waals surface area contributed by atoms with Crippen LogP contribution in [0.15, 0.2) is 103 Å². The van der Waals surface area contributed by atoms with Gasteiger partial charge < -0.3 is 4.90 Å². The zero-order valence-electron chi connectivity index (χ0n) is 28.8. The Labute approximate surface area is 295 Å². The Kier molecular flexibility index (Phi) is 6.23. The van der Waals surface area contributed by atoms with Crippen molar-refractivity contribution in [1.29, 1.82) is 0 Å². The average Bonchev–Trinajstić information content (AvgIpc) is 4.00. The lowest BCUT2D eigenvalue weighted by molar-refractivity contribution is 0.420. The first-order valence-corrected chi connectivity index (χ1v) is 19.9. The fourth-order valence-corrected chi connectivity index (χ4v) is 12.8. The van der Waals surface area contributed by atoms with Crippen LogP contribution in [-0.2, 0) is 5.41 Å². The molecular formula is C47H45NS. The van der Waals surface area contributed by atoms with E-state index in [1.165, 1.54) is 111 Å². The van der Waals surface area contributed by atoms with Gasteiger partial charge in [-0.25, -0.2) is 0 Å². The monoisotopic (exact) mass is 655 g/mol. The van der Waals surface area contributed by atoms with E-state index < -0.39 is 0 Å². The highest BCUT2D eigenvalue weighted by molar-refractivity contribution is 7.26. The van der Waals surface area contributed by atoms with Gasteiger partial charge in [0, 0.05) is 42.6 Å². The van der Waals surface area contributed by atoms with E-state index >= 15 is 0 Å². The minimum atomic E-state index is -0.0825. The number of benzene rings is 5. The molecule has 49 heavy (non-hydrogen) atoms. The number of anilines is 3. The molecule has 4 fully saturated rings. The lowest BCUT2D eigenvalue weighted by Gasteiger charge is -2.29. The molecule has 5 aliphatic rings. The molecule has 4 bridgehead atoms. The Balaban J connectivity index is 1.03. The topological polar surface area (TPSA) is 3.24 Å². The summed E-state index contributed by atoms with van der Waals surface area (Å²) in [5.41, 5.74) is 12.5. The summed E-state index contributed by atoms with van der Waals surface area (Å²) in [5.74, 6) is 5.24. The largest absolute Gasteiger partial charge is 0.310 e. The number of hydrogen-bond donors (Lipinski definition) is 0. The van der Waals surface area contributed by atoms with Crippen LogP contribution in [-0.4, -0.2) is 0 Å². The van der Waals surface area contributed by atoms with E-state index in [0.717, 1.165) is 35.5 Å². The van der Waals surface area contributed by atoms with Crippen LogP contribution in [0.2, 0.25) is 0 Å². The zero-order chi connectivity index (χ0) is 32.4. The molecule has 5 aromatic carbocycles. The number of fused-ring (bicyclic) bond motifs is 11. The van der Waals surface area contributed by atoms with Crippen molar-refractivity contribution < 1.29 is 0 Å². The first kappa shape index (κ1) is 28.9. The van der Waals surface area contributed by atoms with Gasteiger partial charge in [-0.3, -0.25) is 0 Å². The summed E-state index contributed by atoms with van der Waals surface area (Å²) in [6.45, 7) is 4.86. The zero-order valence-corrected chi connectivity index (χ0v) is 29.6. The Hall–Kier alpha value is -3.88. The van der Waals surface area contributed by atoms with Crippen LogP contribution in [0, 0.1) is 23.7 Å². The van der Waals surface area contributed by atoms with Crippen molar-refractivity contribution in [3.8, 4) is 11.1 Å². The van der Waals surface area contributed by atoms with Gasteiger partial charge in [-0.15, -0.1) is 11.3 Å². The van der Waals surface area contributed by atoms with E-state index in [-0.39, 0.29) is 5.41 Å². The molecule has 0 amide bonds. The van der Waals surface area contributed by atoms with Crippen LogP contribution >= 0.6 is 11.3 Å². The summed E-state index contributed by atoms with van der Waals surface area (Å²) < 4.78 is 2.77. The first-order valence-electron chi connectivity index (χ1n) is 19.1. The normalized spacial score (nSPS) is 27.3. The predicted octanol–water partition coefficient (Wildman–Crippen LogP) is 13.6. The molecule has 6 atom stereocenters. The fourth-order valence-electron chi connectivity index (χ4n) is 11.7. The lowest BCUT2D eigenvalue weighted by Crippen LogP contribution is -2.17. The van der Waals surface area contributed by atoms with Crippen molar-refractivity contribution in [2.75, 3.05) is 4.90 Å². The molecule has 0 aliphatic heterocycles. The van der Waals surface area contributed by atoms with E-state index in [0.29, 0.717) is 0 Å². The average molecular weight is 656 g/mol. The van der Waals surface area contributed by atoms with Crippen LogP contribution in [0.25, 0.3) is 31.3 Å². The standard InChI is InChI=1S/C47H45NS/c1-47(2)41-21-22-44-46(38-5-3-4-6-43(38)49-44)45(41)37-20-19-36(27-42(37)47)48(34-15-11-30(12-16-34)39-25-28-7-9-32(39)23-28)35-17-13-31(14-18-35)40-26-29-8-10-33(40)24-29/h3-6,11-22,27-29,32-33,39-40H,7-10,23-26H2,1-2H3. The van der Waals surface area contributed by atoms with E-state index in [9.17, 15) is 0 Å². The molecule has 4 saturated carbocycles. The minimum Gasteiger partial charge on any atom is -0.310 e. The third-order valence-electron chi connectivity index (χ3n) is 14.1. The summed E-state index contributed by atoms with van der Waals surface area (Å²) in [6, 6.07) is 40.6. The third kappa shape index (κ3) is 4.29. The Bertz CT molecular complexity index is 2180. The van der Waals surface area contributed by atoms with Crippen molar-refractivity contribution in [2.45, 2.75) is 82.5 Å². The van der Waals surface area contributed by atoms with Crippen LogP contribution in [0.1, 0.15) is 99.3 Å². The number of thiophene rings is 1. The molecule has 244 valence electrons. The second kappa shape index (κ2) is 10.6. The van der Waals surface area contributed by atoms with E-state index in [1.807, 2.05) is 11.3 Å². The number of rotatable bonds is 5. The fraction of sp³-hybridized carbons (Fsp3) is 0.362. The van der Waals surface area contributed by atoms with Crippen molar-refractivity contribution in [2.24, 2.45) is 23.7 Å². The quantitative estimate of drug-likeness (QED) is 0.179. The summed E-state index contributed by atoms with van der Waals surface area (Å²) >= 11 is 1.92. The third-order valence-corrected chi connectivity index (χ3v) is 15.2. The lowest BCUT2D eigenvalue weighted by atomic mass is 9.82. The minimum absolute atomic E-state index is 0.0825. The highest BCUT2D eigenvalue weighted by atomic mass is 32.1. The van der Waals surface area contributed by atoms with E-state index in [4.69, 9.17) is 0 Å². The SMILES string of the molecule is CC1(C)c2cc(N(c3ccc(C4CC5CCC4C5)cc3)c3ccc(C4CC5CCC4C5)cc3)ccc2-c2c1ccc1sc3ccccc3c21. The van der Waals surface area contributed by atoms with Gasteiger partial charge >= 0.3 is 0 Å². The van der Waals surface area contributed by atoms with Crippen LogP contribution < -0.4 is 4.90 Å². The van der Waals surface area contributed by atoms with Crippen molar-refractivity contribution in [3.63, 3.8) is 0 Å². The van der Waals surface area contributed by atoms with Gasteiger partial charge in [0.15, 0.2) is 0 Å². The van der Waals surface area contributed by atoms with Gasteiger partial charge in [0.05, 0.1) is 0 Å². The Morgan fingerprint density at radius 3 is 1.78 bits per heavy atom. The number of nitrogens with zero attached hydrogens (tertiary/aromatic N) is 1. The highest BCUT2D eigenvalue weighted by Crippen LogP contribution is 2.57. The maximum Gasteiger partial charge on any atom is 0.0465 e. The Morgan fingerprint density at radius 1 is 0.571 bits per heavy atom. The van der Waals surface area contributed by atoms with E-state index in [2.05, 4.69) is 122 Å². The van der Waals surface area contributed by atoms with Gasteiger partial charge in [-0.2, -0.15) is 0 Å². The molecule has 6 aromatic rings. The molecule has 0 saturated heterocycles. The molecule has 11 rings (SSSR count). The molecule has 2 heteroatoms. The molecule has 1 aromatic heterocycles. The van der Waals surface area contributed by atoms with Gasteiger partial charge in [0.25, 0.3) is 0 Å². The van der Waals surface area contributed by atoms with Crippen molar-refractivity contribution in [1.82, 2.24) is 0 Å².